The van der Waals surface area contributed by atoms with Gasteiger partial charge < -0.3 is 10.5 Å². The van der Waals surface area contributed by atoms with Crippen LogP contribution in [0, 0.1) is 0 Å². The summed E-state index contributed by atoms with van der Waals surface area (Å²) in [5.74, 6) is 0. The minimum absolute atomic E-state index is 0.107. The molecule has 0 aromatic heterocycles. The monoisotopic (exact) mass is 205 g/mol. The van der Waals surface area contributed by atoms with Gasteiger partial charge in [0.25, 0.3) is 0 Å². The Morgan fingerprint density at radius 3 is 2.60 bits per heavy atom. The predicted octanol–water partition coefficient (Wildman–Crippen LogP) is 3.38. The second-order valence-electron chi connectivity index (χ2n) is 4.27. The zero-order valence-electron chi connectivity index (χ0n) is 9.71. The molecule has 82 valence electrons. The van der Waals surface area contributed by atoms with E-state index >= 15 is 0 Å². The Hall–Kier alpha value is -1.02. The molecule has 0 amide bonds. The highest BCUT2D eigenvalue weighted by molar-refractivity contribution is 5.55. The van der Waals surface area contributed by atoms with Crippen molar-refractivity contribution in [2.24, 2.45) is 0 Å². The molecule has 2 N–H and O–H groups in total. The number of benzene rings is 1. The van der Waals surface area contributed by atoms with Crippen molar-refractivity contribution in [2.75, 3.05) is 5.73 Å². The van der Waals surface area contributed by atoms with E-state index < -0.39 is 0 Å². The first-order valence-electron chi connectivity index (χ1n) is 5.71. The van der Waals surface area contributed by atoms with Crippen LogP contribution in [0.3, 0.4) is 0 Å². The molecule has 0 radical (unpaired) electrons. The van der Waals surface area contributed by atoms with Crippen LogP contribution in [0.25, 0.3) is 0 Å². The fourth-order valence-corrected chi connectivity index (χ4v) is 2.69. The number of hydrogen-bond donors (Lipinski definition) is 1. The zero-order valence-corrected chi connectivity index (χ0v) is 9.71. The Bertz CT molecular complexity index is 369. The molecule has 0 saturated carbocycles. The predicted molar refractivity (Wildman–Crippen MR) is 62.6 cm³/mol. The van der Waals surface area contributed by atoms with E-state index in [1.54, 1.807) is 0 Å². The third-order valence-electron chi connectivity index (χ3n) is 3.58. The summed E-state index contributed by atoms with van der Waals surface area (Å²) in [6.45, 7) is 6.44. The number of anilines is 1. The normalized spacial score (nSPS) is 22.7. The molecule has 1 unspecified atom stereocenters. The lowest BCUT2D eigenvalue weighted by atomic mass is 9.86. The van der Waals surface area contributed by atoms with Crippen LogP contribution < -0.4 is 5.73 Å². The standard InChI is InChI=1S/C13H19NO/c1-4-13(5-2)10-7-6-8-11(14)12(10)9(3)15-13/h6-9H,4-5,14H2,1-3H3. The highest BCUT2D eigenvalue weighted by Gasteiger charge is 2.41. The van der Waals surface area contributed by atoms with E-state index in [9.17, 15) is 0 Å². The van der Waals surface area contributed by atoms with Crippen molar-refractivity contribution in [1.82, 2.24) is 0 Å². The first-order chi connectivity index (χ1) is 7.14. The van der Waals surface area contributed by atoms with Gasteiger partial charge in [-0.25, -0.2) is 0 Å². The van der Waals surface area contributed by atoms with Gasteiger partial charge in [-0.05, 0) is 31.4 Å². The lowest BCUT2D eigenvalue weighted by Gasteiger charge is -2.27. The second-order valence-corrected chi connectivity index (χ2v) is 4.27. The molecule has 0 fully saturated rings. The molecule has 2 rings (SSSR count). The molecule has 1 aliphatic rings. The number of fused-ring (bicyclic) bond motifs is 1. The van der Waals surface area contributed by atoms with Crippen molar-refractivity contribution in [1.29, 1.82) is 0 Å². The lowest BCUT2D eigenvalue weighted by Crippen LogP contribution is -2.23. The van der Waals surface area contributed by atoms with E-state index in [1.165, 1.54) is 11.1 Å². The van der Waals surface area contributed by atoms with Gasteiger partial charge >= 0.3 is 0 Å². The summed E-state index contributed by atoms with van der Waals surface area (Å²) in [7, 11) is 0. The average Bonchev–Trinajstić information content (AvgIpc) is 2.54. The Morgan fingerprint density at radius 1 is 1.33 bits per heavy atom. The first-order valence-corrected chi connectivity index (χ1v) is 5.71. The van der Waals surface area contributed by atoms with Gasteiger partial charge in [0, 0.05) is 11.3 Å². The molecule has 0 saturated heterocycles. The van der Waals surface area contributed by atoms with Gasteiger partial charge in [-0.2, -0.15) is 0 Å². The summed E-state index contributed by atoms with van der Waals surface area (Å²) < 4.78 is 6.12. The van der Waals surface area contributed by atoms with Crippen LogP contribution in [0.5, 0.6) is 0 Å². The van der Waals surface area contributed by atoms with Crippen molar-refractivity contribution in [2.45, 2.75) is 45.3 Å². The molecule has 1 aromatic carbocycles. The highest BCUT2D eigenvalue weighted by Crippen LogP contribution is 2.49. The molecule has 2 heteroatoms. The van der Waals surface area contributed by atoms with Crippen LogP contribution >= 0.6 is 0 Å². The van der Waals surface area contributed by atoms with Crippen molar-refractivity contribution in [3.8, 4) is 0 Å². The van der Waals surface area contributed by atoms with Gasteiger partial charge in [0.1, 0.15) is 0 Å². The lowest BCUT2D eigenvalue weighted by molar-refractivity contribution is -0.0747. The number of nitrogens with two attached hydrogens (primary N) is 1. The average molecular weight is 205 g/mol. The highest BCUT2D eigenvalue weighted by atomic mass is 16.5. The van der Waals surface area contributed by atoms with Crippen LogP contribution in [-0.4, -0.2) is 0 Å². The summed E-state index contributed by atoms with van der Waals surface area (Å²) in [6, 6.07) is 6.14. The Morgan fingerprint density at radius 2 is 2.00 bits per heavy atom. The van der Waals surface area contributed by atoms with E-state index in [0.29, 0.717) is 0 Å². The number of hydrogen-bond acceptors (Lipinski definition) is 2. The molecule has 1 aromatic rings. The van der Waals surface area contributed by atoms with E-state index in [1.807, 2.05) is 12.1 Å². The molecule has 1 heterocycles. The zero-order chi connectivity index (χ0) is 11.1. The number of ether oxygens (including phenoxy) is 1. The molecule has 15 heavy (non-hydrogen) atoms. The van der Waals surface area contributed by atoms with Crippen LogP contribution in [0.2, 0.25) is 0 Å². The molecule has 2 nitrogen and oxygen atoms in total. The number of rotatable bonds is 2. The van der Waals surface area contributed by atoms with Crippen LogP contribution in [0.1, 0.15) is 50.8 Å². The van der Waals surface area contributed by atoms with Crippen molar-refractivity contribution in [3.63, 3.8) is 0 Å². The van der Waals surface area contributed by atoms with Gasteiger partial charge in [-0.1, -0.05) is 26.0 Å². The summed E-state index contributed by atoms with van der Waals surface area (Å²) >= 11 is 0. The van der Waals surface area contributed by atoms with E-state index in [0.717, 1.165) is 18.5 Å². The first kappa shape index (κ1) is 10.5. The molecular weight excluding hydrogens is 186 g/mol. The second kappa shape index (κ2) is 3.53. The Kier molecular flexibility index (Phi) is 2.47. The minimum atomic E-state index is -0.107. The van der Waals surface area contributed by atoms with Gasteiger partial charge in [-0.15, -0.1) is 0 Å². The van der Waals surface area contributed by atoms with Gasteiger partial charge in [0.05, 0.1) is 11.7 Å². The van der Waals surface area contributed by atoms with Crippen molar-refractivity contribution < 1.29 is 4.74 Å². The van der Waals surface area contributed by atoms with E-state index in [4.69, 9.17) is 10.5 Å². The van der Waals surface area contributed by atoms with Crippen LogP contribution in [-0.2, 0) is 10.3 Å². The minimum Gasteiger partial charge on any atom is -0.398 e. The van der Waals surface area contributed by atoms with Crippen molar-refractivity contribution in [3.05, 3.63) is 29.3 Å². The molecular formula is C13H19NO. The van der Waals surface area contributed by atoms with Crippen LogP contribution in [0.15, 0.2) is 18.2 Å². The van der Waals surface area contributed by atoms with Gasteiger partial charge in [0.2, 0.25) is 0 Å². The van der Waals surface area contributed by atoms with E-state index in [-0.39, 0.29) is 11.7 Å². The van der Waals surface area contributed by atoms with Gasteiger partial charge in [-0.3, -0.25) is 0 Å². The van der Waals surface area contributed by atoms with Crippen LogP contribution in [0.4, 0.5) is 5.69 Å². The third-order valence-corrected chi connectivity index (χ3v) is 3.58. The third kappa shape index (κ3) is 1.36. The maximum Gasteiger partial charge on any atom is 0.0938 e. The van der Waals surface area contributed by atoms with Gasteiger partial charge in [0.15, 0.2) is 0 Å². The Balaban J connectivity index is 2.60. The fraction of sp³-hybridized carbons (Fsp3) is 0.538. The summed E-state index contributed by atoms with van der Waals surface area (Å²) in [6.07, 6.45) is 2.13. The molecule has 0 bridgehead atoms. The summed E-state index contributed by atoms with van der Waals surface area (Å²) in [4.78, 5) is 0. The quantitative estimate of drug-likeness (QED) is 0.751. The molecule has 0 spiro atoms. The smallest absolute Gasteiger partial charge is 0.0938 e. The fourth-order valence-electron chi connectivity index (χ4n) is 2.69. The maximum atomic E-state index is 6.12. The van der Waals surface area contributed by atoms with E-state index in [2.05, 4.69) is 26.8 Å². The molecule has 0 aliphatic carbocycles. The number of nitrogen functional groups attached to an aromatic ring is 1. The molecule has 1 aliphatic heterocycles. The Labute approximate surface area is 91.4 Å². The summed E-state index contributed by atoms with van der Waals surface area (Å²) in [5.41, 5.74) is 9.26. The maximum absolute atomic E-state index is 6.12. The molecule has 1 atom stereocenters. The largest absolute Gasteiger partial charge is 0.398 e. The SMILES string of the molecule is CCC1(CC)OC(C)c2c(N)cccc21. The van der Waals surface area contributed by atoms with Crippen molar-refractivity contribution >= 4 is 5.69 Å². The topological polar surface area (TPSA) is 35.2 Å². The summed E-state index contributed by atoms with van der Waals surface area (Å²) in [5, 5.41) is 0.